The molecule has 0 radical (unpaired) electrons. The molecule has 0 aliphatic rings. The fourth-order valence-corrected chi connectivity index (χ4v) is 2.46. The highest BCUT2D eigenvalue weighted by atomic mass is 32.2. The van der Waals surface area contributed by atoms with E-state index in [2.05, 4.69) is 22.8 Å². The van der Waals surface area contributed by atoms with Crippen LogP contribution in [0.15, 0.2) is 41.8 Å². The van der Waals surface area contributed by atoms with Gasteiger partial charge in [0, 0.05) is 12.6 Å². The second-order valence-electron chi connectivity index (χ2n) is 4.49. The molecule has 0 bridgehead atoms. The number of rotatable bonds is 4. The molecule has 2 rings (SSSR count). The summed E-state index contributed by atoms with van der Waals surface area (Å²) < 4.78 is 1.93. The number of nitrogens with zero attached hydrogens (tertiary/aromatic N) is 3. The Labute approximate surface area is 117 Å². The average molecular weight is 275 g/mol. The van der Waals surface area contributed by atoms with Gasteiger partial charge in [0.25, 0.3) is 0 Å². The fourth-order valence-electron chi connectivity index (χ4n) is 1.68. The van der Waals surface area contributed by atoms with Crippen LogP contribution in [0.2, 0.25) is 0 Å². The minimum absolute atomic E-state index is 0.103. The first kappa shape index (κ1) is 13.7. The average Bonchev–Trinajstić information content (AvgIpc) is 2.71. The lowest BCUT2D eigenvalue weighted by molar-refractivity contribution is 0.401. The van der Waals surface area contributed by atoms with Gasteiger partial charge in [-0.05, 0) is 19.9 Å². The van der Waals surface area contributed by atoms with Crippen LogP contribution in [0.4, 0.5) is 0 Å². The van der Waals surface area contributed by atoms with Crippen molar-refractivity contribution < 1.29 is 5.11 Å². The van der Waals surface area contributed by atoms with Crippen LogP contribution < -0.4 is 0 Å². The number of thioether (sulfide) groups is 1. The summed E-state index contributed by atoms with van der Waals surface area (Å²) in [6.07, 6.45) is 0. The lowest BCUT2D eigenvalue weighted by atomic mass is 10.1. The number of aliphatic hydroxyl groups is 1. The van der Waals surface area contributed by atoms with Crippen molar-refractivity contribution in [1.82, 2.24) is 14.8 Å². The Morgan fingerprint density at radius 3 is 2.79 bits per heavy atom. The van der Waals surface area contributed by atoms with Gasteiger partial charge in [0.2, 0.25) is 0 Å². The molecular formula is C14H17N3OS. The Bertz CT molecular complexity index is 606. The van der Waals surface area contributed by atoms with Gasteiger partial charge in [0.05, 0.1) is 11.0 Å². The van der Waals surface area contributed by atoms with Gasteiger partial charge in [-0.1, -0.05) is 42.1 Å². The summed E-state index contributed by atoms with van der Waals surface area (Å²) in [6.45, 7) is 7.47. The van der Waals surface area contributed by atoms with E-state index in [4.69, 9.17) is 0 Å². The van der Waals surface area contributed by atoms with Gasteiger partial charge in [0.1, 0.15) is 0 Å². The number of aryl methyl sites for hydroxylation is 1. The van der Waals surface area contributed by atoms with Crippen LogP contribution in [0, 0.1) is 6.92 Å². The van der Waals surface area contributed by atoms with Crippen LogP contribution in [-0.4, -0.2) is 25.1 Å². The third-order valence-electron chi connectivity index (χ3n) is 2.86. The standard InChI is InChI=1S/C14H17N3OS/c1-9-6-5-7-12(8-9)13-15-16-14(17(13)4)19-11(3)10(2)18/h5-8,11,18H,2H2,1,3-4H3. The Balaban J connectivity index is 2.30. The maximum Gasteiger partial charge on any atom is 0.191 e. The van der Waals surface area contributed by atoms with Crippen molar-refractivity contribution in [2.45, 2.75) is 24.3 Å². The largest absolute Gasteiger partial charge is 0.512 e. The summed E-state index contributed by atoms with van der Waals surface area (Å²) in [5.74, 6) is 0.965. The van der Waals surface area contributed by atoms with Crippen LogP contribution in [-0.2, 0) is 7.05 Å². The molecule has 5 heteroatoms. The van der Waals surface area contributed by atoms with Crippen molar-refractivity contribution in [3.05, 3.63) is 42.2 Å². The van der Waals surface area contributed by atoms with Gasteiger partial charge >= 0.3 is 0 Å². The summed E-state index contributed by atoms with van der Waals surface area (Å²) in [5, 5.41) is 18.4. The van der Waals surface area contributed by atoms with Crippen LogP contribution >= 0.6 is 11.8 Å². The van der Waals surface area contributed by atoms with Gasteiger partial charge in [-0.15, -0.1) is 10.2 Å². The van der Waals surface area contributed by atoms with Gasteiger partial charge in [-0.3, -0.25) is 0 Å². The molecule has 0 amide bonds. The minimum atomic E-state index is -0.103. The van der Waals surface area contributed by atoms with Crippen molar-refractivity contribution in [2.75, 3.05) is 0 Å². The third kappa shape index (κ3) is 2.98. The van der Waals surface area contributed by atoms with Crippen molar-refractivity contribution in [1.29, 1.82) is 0 Å². The molecule has 0 saturated heterocycles. The van der Waals surface area contributed by atoms with Crippen LogP contribution in [0.5, 0.6) is 0 Å². The maximum atomic E-state index is 9.36. The van der Waals surface area contributed by atoms with E-state index in [0.717, 1.165) is 16.5 Å². The summed E-state index contributed by atoms with van der Waals surface area (Å²) in [6, 6.07) is 8.14. The monoisotopic (exact) mass is 275 g/mol. The molecule has 1 aromatic carbocycles. The summed E-state index contributed by atoms with van der Waals surface area (Å²) in [5.41, 5.74) is 2.23. The quantitative estimate of drug-likeness (QED) is 0.687. The van der Waals surface area contributed by atoms with E-state index in [1.54, 1.807) is 0 Å². The molecule has 0 saturated carbocycles. The van der Waals surface area contributed by atoms with Gasteiger partial charge in [-0.25, -0.2) is 0 Å². The summed E-state index contributed by atoms with van der Waals surface area (Å²) in [4.78, 5) is 0. The lowest BCUT2D eigenvalue weighted by Gasteiger charge is -2.09. The molecule has 1 aromatic heterocycles. The molecule has 0 fully saturated rings. The Hall–Kier alpha value is -1.75. The van der Waals surface area contributed by atoms with Crippen molar-refractivity contribution in [3.63, 3.8) is 0 Å². The predicted molar refractivity (Wildman–Crippen MR) is 78.3 cm³/mol. The predicted octanol–water partition coefficient (Wildman–Crippen LogP) is 3.34. The molecule has 0 spiro atoms. The first-order valence-corrected chi connectivity index (χ1v) is 6.88. The highest BCUT2D eigenvalue weighted by Gasteiger charge is 2.15. The number of aromatic nitrogens is 3. The maximum absolute atomic E-state index is 9.36. The highest BCUT2D eigenvalue weighted by molar-refractivity contribution is 7.99. The number of hydrogen-bond acceptors (Lipinski definition) is 4. The Morgan fingerprint density at radius 1 is 1.42 bits per heavy atom. The zero-order chi connectivity index (χ0) is 14.0. The first-order valence-electron chi connectivity index (χ1n) is 6.00. The summed E-state index contributed by atoms with van der Waals surface area (Å²) in [7, 11) is 1.92. The molecule has 100 valence electrons. The second kappa shape index (κ2) is 5.48. The van der Waals surface area contributed by atoms with Crippen LogP contribution in [0.3, 0.4) is 0 Å². The highest BCUT2D eigenvalue weighted by Crippen LogP contribution is 2.27. The second-order valence-corrected chi connectivity index (χ2v) is 5.79. The molecule has 0 aliphatic carbocycles. The Kier molecular flexibility index (Phi) is 3.95. The van der Waals surface area contributed by atoms with E-state index in [1.165, 1.54) is 17.3 Å². The molecular weight excluding hydrogens is 258 g/mol. The van der Waals surface area contributed by atoms with Crippen LogP contribution in [0.1, 0.15) is 12.5 Å². The van der Waals surface area contributed by atoms with E-state index < -0.39 is 0 Å². The Morgan fingerprint density at radius 2 is 2.16 bits per heavy atom. The van der Waals surface area contributed by atoms with E-state index in [9.17, 15) is 5.11 Å². The molecule has 19 heavy (non-hydrogen) atoms. The molecule has 0 aliphatic heterocycles. The van der Waals surface area contributed by atoms with Crippen molar-refractivity contribution in [2.24, 2.45) is 7.05 Å². The van der Waals surface area contributed by atoms with E-state index in [-0.39, 0.29) is 11.0 Å². The van der Waals surface area contributed by atoms with Gasteiger partial charge in [0.15, 0.2) is 11.0 Å². The fraction of sp³-hybridized carbons (Fsp3) is 0.286. The summed E-state index contributed by atoms with van der Waals surface area (Å²) >= 11 is 1.44. The smallest absolute Gasteiger partial charge is 0.191 e. The zero-order valence-corrected chi connectivity index (χ0v) is 12.1. The topological polar surface area (TPSA) is 50.9 Å². The molecule has 1 N–H and O–H groups in total. The molecule has 1 atom stereocenters. The minimum Gasteiger partial charge on any atom is -0.512 e. The molecule has 4 nitrogen and oxygen atoms in total. The normalized spacial score (nSPS) is 12.4. The number of hydrogen-bond donors (Lipinski definition) is 1. The first-order chi connectivity index (χ1) is 8.99. The van der Waals surface area contributed by atoms with Gasteiger partial charge in [-0.2, -0.15) is 0 Å². The molecule has 1 unspecified atom stereocenters. The van der Waals surface area contributed by atoms with E-state index in [1.807, 2.05) is 43.7 Å². The van der Waals surface area contributed by atoms with Crippen molar-refractivity contribution in [3.8, 4) is 11.4 Å². The van der Waals surface area contributed by atoms with Crippen LogP contribution in [0.25, 0.3) is 11.4 Å². The van der Waals surface area contributed by atoms with Gasteiger partial charge < -0.3 is 9.67 Å². The van der Waals surface area contributed by atoms with E-state index >= 15 is 0 Å². The number of aliphatic hydroxyl groups excluding tert-OH is 1. The zero-order valence-electron chi connectivity index (χ0n) is 11.3. The number of benzene rings is 1. The molecule has 2 aromatic rings. The molecule has 1 heterocycles. The third-order valence-corrected chi connectivity index (χ3v) is 4.05. The lowest BCUT2D eigenvalue weighted by Crippen LogP contribution is -2.02. The SMILES string of the molecule is C=C(O)C(C)Sc1nnc(-c2cccc(C)c2)n1C. The van der Waals surface area contributed by atoms with Crippen molar-refractivity contribution >= 4 is 11.8 Å². The van der Waals surface area contributed by atoms with E-state index in [0.29, 0.717) is 0 Å².